The number of carbonyl (C=O) groups is 2. The first-order valence-electron chi connectivity index (χ1n) is 18.0. The van der Waals surface area contributed by atoms with Crippen molar-refractivity contribution in [2.75, 3.05) is 74.7 Å². The Labute approximate surface area is 323 Å². The smallest absolute Gasteiger partial charge is 0.287 e. The molecule has 2 aromatic heterocycles. The molecule has 2 N–H and O–H groups in total. The number of amides is 2. The summed E-state index contributed by atoms with van der Waals surface area (Å²) in [5.41, 5.74) is 8.03. The number of benzene rings is 2. The molecule has 0 bridgehead atoms. The van der Waals surface area contributed by atoms with Crippen molar-refractivity contribution in [2.24, 2.45) is 0 Å². The van der Waals surface area contributed by atoms with Gasteiger partial charge in [-0.15, -0.1) is 22.7 Å². The number of thiazole rings is 2. The topological polar surface area (TPSA) is 165 Å². The highest BCUT2D eigenvalue weighted by atomic mass is 32.2. The van der Waals surface area contributed by atoms with Crippen LogP contribution in [-0.2, 0) is 58.8 Å². The Morgan fingerprint density at radius 3 is 1.48 bits per heavy atom. The van der Waals surface area contributed by atoms with Gasteiger partial charge >= 0.3 is 0 Å². The van der Waals surface area contributed by atoms with Crippen LogP contribution in [0.25, 0.3) is 11.1 Å². The number of nitrogens with one attached hydrogen (secondary N) is 2. The van der Waals surface area contributed by atoms with Crippen LogP contribution < -0.4 is 19.2 Å². The van der Waals surface area contributed by atoms with Crippen LogP contribution in [0.4, 0.5) is 11.4 Å². The van der Waals surface area contributed by atoms with Gasteiger partial charge in [-0.2, -0.15) is 0 Å². The van der Waals surface area contributed by atoms with Gasteiger partial charge in [-0.3, -0.25) is 19.4 Å². The van der Waals surface area contributed by atoms with E-state index in [1.165, 1.54) is 22.7 Å². The molecule has 18 heteroatoms. The largest absolute Gasteiger partial charge is 0.306 e. The second kappa shape index (κ2) is 14.8. The van der Waals surface area contributed by atoms with E-state index < -0.39 is 20.0 Å². The van der Waals surface area contributed by atoms with E-state index in [0.29, 0.717) is 88.1 Å². The van der Waals surface area contributed by atoms with Crippen LogP contribution in [0, 0.1) is 0 Å². The summed E-state index contributed by atoms with van der Waals surface area (Å²) in [5, 5.41) is 0.953. The van der Waals surface area contributed by atoms with Gasteiger partial charge in [0.05, 0.1) is 23.9 Å². The lowest BCUT2D eigenvalue weighted by molar-refractivity contribution is 0.0981. The van der Waals surface area contributed by atoms with Crippen molar-refractivity contribution >= 4 is 65.9 Å². The number of hydrogen-bond donors (Lipinski definition) is 2. The molecule has 0 fully saturated rings. The van der Waals surface area contributed by atoms with Gasteiger partial charge < -0.3 is 9.80 Å². The molecule has 14 nitrogen and oxygen atoms in total. The Morgan fingerprint density at radius 1 is 0.648 bits per heavy atom. The first kappa shape index (κ1) is 37.3. The molecule has 0 saturated heterocycles. The first-order chi connectivity index (χ1) is 25.8. The monoisotopic (exact) mass is 810 g/mol. The van der Waals surface area contributed by atoms with E-state index in [4.69, 9.17) is 9.97 Å². The van der Waals surface area contributed by atoms with Gasteiger partial charge in [0.15, 0.2) is 10.0 Å². The number of rotatable bonds is 11. The van der Waals surface area contributed by atoms with Crippen molar-refractivity contribution < 1.29 is 26.4 Å². The Balaban J connectivity index is 0.968. The van der Waals surface area contributed by atoms with Crippen LogP contribution in [0.1, 0.15) is 51.9 Å². The van der Waals surface area contributed by atoms with Crippen LogP contribution in [0.5, 0.6) is 0 Å². The maximum atomic E-state index is 14.0. The lowest BCUT2D eigenvalue weighted by Crippen LogP contribution is -2.37. The Hall–Kier alpha value is -3.62. The average Bonchev–Trinajstić information content (AvgIpc) is 3.93. The van der Waals surface area contributed by atoms with Crippen LogP contribution in [0.15, 0.2) is 36.4 Å². The van der Waals surface area contributed by atoms with Gasteiger partial charge in [0, 0.05) is 99.4 Å². The zero-order valence-corrected chi connectivity index (χ0v) is 33.4. The van der Waals surface area contributed by atoms with Crippen molar-refractivity contribution in [3.8, 4) is 11.1 Å². The summed E-state index contributed by atoms with van der Waals surface area (Å²) < 4.78 is 51.0. The fourth-order valence-electron chi connectivity index (χ4n) is 7.87. The van der Waals surface area contributed by atoms with E-state index in [1.807, 2.05) is 34.1 Å². The Morgan fingerprint density at radius 2 is 1.07 bits per heavy atom. The van der Waals surface area contributed by atoms with E-state index in [2.05, 4.69) is 31.4 Å². The Bertz CT molecular complexity index is 2190. The number of fused-ring (bicyclic) bond motifs is 4. The highest BCUT2D eigenvalue weighted by Crippen LogP contribution is 2.43. The summed E-state index contributed by atoms with van der Waals surface area (Å²) in [4.78, 5) is 47.6. The maximum Gasteiger partial charge on any atom is 0.287 e. The summed E-state index contributed by atoms with van der Waals surface area (Å²) in [5.74, 6) is -0.212. The first-order valence-corrected chi connectivity index (χ1v) is 23.4. The van der Waals surface area contributed by atoms with Crippen LogP contribution in [-0.4, -0.2) is 113 Å². The summed E-state index contributed by atoms with van der Waals surface area (Å²) in [6, 6.07) is 12.2. The fourth-order valence-corrected chi connectivity index (χ4v) is 11.0. The molecule has 4 aliphatic heterocycles. The molecule has 2 aromatic carbocycles. The van der Waals surface area contributed by atoms with Crippen LogP contribution >= 0.6 is 22.7 Å². The standard InChI is InChI=1S/C36H42N8O6S4/c1-53(47,48)37-13-19-41-15-11-27-31(21-41)51-33(39-27)35(45)43-17-9-25-23(5-3-7-29(25)43)24-6-4-8-30-26(24)10-18-44(30)36(46)34-40-28-12-16-42(22-32(28)52-34)20-14-38-54(2,49)50/h3-8,37-38H,9-22H2,1-2H3. The molecule has 0 unspecified atom stereocenters. The molecule has 0 spiro atoms. The quantitative estimate of drug-likeness (QED) is 0.230. The number of sulfonamides is 2. The lowest BCUT2D eigenvalue weighted by atomic mass is 9.93. The number of nitrogens with zero attached hydrogens (tertiary/aromatic N) is 6. The summed E-state index contributed by atoms with van der Waals surface area (Å²) in [7, 11) is -6.49. The second-order valence-corrected chi connectivity index (χ2v) is 20.0. The van der Waals surface area contributed by atoms with E-state index >= 15 is 0 Å². The van der Waals surface area contributed by atoms with Gasteiger partial charge in [-0.05, 0) is 47.2 Å². The average molecular weight is 811 g/mol. The summed E-state index contributed by atoms with van der Waals surface area (Å²) in [6.07, 6.45) is 5.17. The molecular weight excluding hydrogens is 769 g/mol. The van der Waals surface area contributed by atoms with Crippen LogP contribution in [0.2, 0.25) is 0 Å². The lowest BCUT2D eigenvalue weighted by Gasteiger charge is -2.25. The predicted octanol–water partition coefficient (Wildman–Crippen LogP) is 2.49. The van der Waals surface area contributed by atoms with Gasteiger partial charge in [0.25, 0.3) is 11.8 Å². The van der Waals surface area contributed by atoms with Crippen LogP contribution in [0.3, 0.4) is 0 Å². The third-order valence-corrected chi connectivity index (χ3v) is 14.0. The minimum absolute atomic E-state index is 0.106. The molecule has 4 aromatic rings. The molecule has 0 saturated carbocycles. The Kier molecular flexibility index (Phi) is 10.2. The SMILES string of the molecule is CS(=O)(=O)NCCN1CCc2nc(C(=O)N3CCc4c(-c5cccc6c5CCN6C(=O)c5nc6c(s5)CN(CCNS(C)(=O)=O)CC6)cccc43)sc2C1. The van der Waals surface area contributed by atoms with E-state index in [-0.39, 0.29) is 11.8 Å². The van der Waals surface area contributed by atoms with E-state index in [9.17, 15) is 26.4 Å². The van der Waals surface area contributed by atoms with Crippen molar-refractivity contribution in [1.29, 1.82) is 0 Å². The molecule has 8 rings (SSSR count). The molecule has 6 heterocycles. The maximum absolute atomic E-state index is 14.0. The minimum Gasteiger partial charge on any atom is -0.306 e. The highest BCUT2D eigenvalue weighted by Gasteiger charge is 2.34. The van der Waals surface area contributed by atoms with Gasteiger partial charge in [0.1, 0.15) is 0 Å². The highest BCUT2D eigenvalue weighted by molar-refractivity contribution is 7.89. The number of aromatic nitrogens is 2. The third kappa shape index (κ3) is 7.75. The number of anilines is 2. The van der Waals surface area contributed by atoms with E-state index in [0.717, 1.165) is 80.4 Å². The molecule has 0 atom stereocenters. The van der Waals surface area contributed by atoms with Crippen molar-refractivity contribution in [1.82, 2.24) is 29.2 Å². The molecule has 54 heavy (non-hydrogen) atoms. The second-order valence-electron chi connectivity index (χ2n) is 14.2. The van der Waals surface area contributed by atoms with Gasteiger partial charge in [-0.25, -0.2) is 36.2 Å². The number of hydrogen-bond acceptors (Lipinski definition) is 12. The molecule has 0 aliphatic carbocycles. The summed E-state index contributed by atoms with van der Waals surface area (Å²) >= 11 is 2.86. The molecular formula is C36H42N8O6S4. The molecule has 0 radical (unpaired) electrons. The van der Waals surface area contributed by atoms with Crippen molar-refractivity contribution in [3.63, 3.8) is 0 Å². The number of carbonyl (C=O) groups excluding carboxylic acids is 2. The zero-order chi connectivity index (χ0) is 37.8. The van der Waals surface area contributed by atoms with Crippen molar-refractivity contribution in [2.45, 2.75) is 38.8 Å². The molecule has 286 valence electrons. The van der Waals surface area contributed by atoms with E-state index in [1.54, 1.807) is 0 Å². The predicted molar refractivity (Wildman–Crippen MR) is 211 cm³/mol. The third-order valence-electron chi connectivity index (χ3n) is 10.4. The minimum atomic E-state index is -3.24. The normalized spacial score (nSPS) is 17.4. The molecule has 4 aliphatic rings. The van der Waals surface area contributed by atoms with Gasteiger partial charge in [0.2, 0.25) is 20.0 Å². The summed E-state index contributed by atoms with van der Waals surface area (Å²) in [6.45, 7) is 5.77. The van der Waals surface area contributed by atoms with Crippen molar-refractivity contribution in [3.05, 3.63) is 78.7 Å². The zero-order valence-electron chi connectivity index (χ0n) is 30.1. The molecule has 2 amide bonds. The van der Waals surface area contributed by atoms with Gasteiger partial charge in [-0.1, -0.05) is 24.3 Å². The fraction of sp³-hybridized carbons (Fsp3) is 0.444.